The molecule has 0 aromatic heterocycles. The van der Waals surface area contributed by atoms with Gasteiger partial charge in [-0.25, -0.2) is 0 Å². The van der Waals surface area contributed by atoms with Crippen molar-refractivity contribution < 1.29 is 0 Å². The second kappa shape index (κ2) is 12.8. The summed E-state index contributed by atoms with van der Waals surface area (Å²) in [5, 5.41) is 2.47. The van der Waals surface area contributed by atoms with Crippen LogP contribution in [0.5, 0.6) is 0 Å². The summed E-state index contributed by atoms with van der Waals surface area (Å²) in [6, 6.07) is 10.8. The monoisotopic (exact) mass is 406 g/mol. The first-order valence-corrected chi connectivity index (χ1v) is 11.6. The number of unbranched alkanes of at least 4 members (excludes halogenated alkanes) is 4. The van der Waals surface area contributed by atoms with E-state index in [-0.39, 0.29) is 20.9 Å². The van der Waals surface area contributed by atoms with Gasteiger partial charge in [-0.2, -0.15) is 0 Å². The molecule has 20 heavy (non-hydrogen) atoms. The van der Waals surface area contributed by atoms with E-state index in [1.807, 2.05) is 11.8 Å². The minimum absolute atomic E-state index is 0.0868. The van der Waals surface area contributed by atoms with E-state index in [4.69, 9.17) is 0 Å². The molecule has 0 bridgehead atoms. The molecule has 0 atom stereocenters. The first-order valence-electron chi connectivity index (χ1n) is 7.90. The molecule has 0 spiro atoms. The van der Waals surface area contributed by atoms with Crippen LogP contribution in [-0.2, 0) is 0 Å². The van der Waals surface area contributed by atoms with Crippen molar-refractivity contribution in [3.63, 3.8) is 0 Å². The van der Waals surface area contributed by atoms with Crippen LogP contribution in [0.15, 0.2) is 44.3 Å². The number of rotatable bonds is 11. The normalized spacial score (nSPS) is 11.8. The molecule has 0 fully saturated rings. The van der Waals surface area contributed by atoms with Gasteiger partial charge in [-0.15, -0.1) is 0 Å². The molecule has 0 radical (unpaired) electrons. The van der Waals surface area contributed by atoms with E-state index in [2.05, 4.69) is 49.6 Å². The van der Waals surface area contributed by atoms with Crippen molar-refractivity contribution in [2.24, 2.45) is 0 Å². The predicted octanol–water partition coefficient (Wildman–Crippen LogP) is 6.51. The molecule has 0 aliphatic heterocycles. The van der Waals surface area contributed by atoms with Crippen LogP contribution in [0.1, 0.15) is 58.8 Å². The predicted molar refractivity (Wildman–Crippen MR) is 94.6 cm³/mol. The summed E-state index contributed by atoms with van der Waals surface area (Å²) in [6.45, 7) is 4.59. The Hall–Kier alpha value is 0.0996. The van der Waals surface area contributed by atoms with Gasteiger partial charge in [0.05, 0.1) is 0 Å². The Morgan fingerprint density at radius 1 is 1.00 bits per heavy atom. The molecule has 1 rings (SSSR count). The summed E-state index contributed by atoms with van der Waals surface area (Å²) >= 11 is 2.01. The third-order valence-electron chi connectivity index (χ3n) is 3.13. The van der Waals surface area contributed by atoms with E-state index < -0.39 is 0 Å². The molecule has 1 aromatic rings. The SMILES string of the molecule is CCCCCC/C(=C/Sc1ccccc1)[Te]CCCC. The van der Waals surface area contributed by atoms with Gasteiger partial charge in [0.25, 0.3) is 0 Å². The first kappa shape index (κ1) is 18.1. The standard InChI is InChI=1S/C18H28STe/c1-3-5-7-11-14-18(20-15-6-4-2)16-19-17-12-9-8-10-13-17/h8-10,12-13,16H,3-7,11,14-15H2,1-2H3/b18-16-. The van der Waals surface area contributed by atoms with E-state index in [9.17, 15) is 0 Å². The maximum absolute atomic E-state index is 2.47. The fourth-order valence-electron chi connectivity index (χ4n) is 1.87. The van der Waals surface area contributed by atoms with Gasteiger partial charge in [0.2, 0.25) is 0 Å². The summed E-state index contributed by atoms with van der Waals surface area (Å²) in [5.74, 6) is 0. The zero-order valence-corrected chi connectivity index (χ0v) is 16.1. The van der Waals surface area contributed by atoms with Gasteiger partial charge < -0.3 is 0 Å². The van der Waals surface area contributed by atoms with Crippen molar-refractivity contribution in [1.82, 2.24) is 0 Å². The van der Waals surface area contributed by atoms with Gasteiger partial charge in [0.15, 0.2) is 0 Å². The second-order valence-corrected chi connectivity index (χ2v) is 9.46. The quantitative estimate of drug-likeness (QED) is 0.230. The summed E-state index contributed by atoms with van der Waals surface area (Å²) in [6.07, 6.45) is 9.66. The Kier molecular flexibility index (Phi) is 11.6. The van der Waals surface area contributed by atoms with E-state index >= 15 is 0 Å². The van der Waals surface area contributed by atoms with Crippen LogP contribution < -0.4 is 0 Å². The molecule has 0 saturated carbocycles. The number of benzene rings is 1. The van der Waals surface area contributed by atoms with Crippen molar-refractivity contribution in [3.05, 3.63) is 39.4 Å². The maximum atomic E-state index is 2.47. The Balaban J connectivity index is 2.42. The van der Waals surface area contributed by atoms with E-state index in [1.54, 1.807) is 3.62 Å². The zero-order valence-electron chi connectivity index (χ0n) is 12.9. The summed E-state index contributed by atoms with van der Waals surface area (Å²) in [4.78, 5) is 1.38. The first-order chi connectivity index (χ1) is 9.86. The van der Waals surface area contributed by atoms with Crippen molar-refractivity contribution in [2.45, 2.75) is 68.2 Å². The van der Waals surface area contributed by atoms with E-state index in [0.29, 0.717) is 0 Å². The molecule has 0 amide bonds. The average Bonchev–Trinajstić information content (AvgIpc) is 2.49. The molecule has 0 aliphatic rings. The molecule has 112 valence electrons. The van der Waals surface area contributed by atoms with Crippen LogP contribution in [0.25, 0.3) is 0 Å². The van der Waals surface area contributed by atoms with Crippen LogP contribution in [0, 0.1) is 0 Å². The fourth-order valence-corrected chi connectivity index (χ4v) is 6.44. The number of allylic oxidation sites excluding steroid dienone is 1. The van der Waals surface area contributed by atoms with Crippen molar-refractivity contribution >= 4 is 32.7 Å². The van der Waals surface area contributed by atoms with Gasteiger partial charge in [-0.1, -0.05) is 0 Å². The topological polar surface area (TPSA) is 0 Å². The van der Waals surface area contributed by atoms with Crippen molar-refractivity contribution in [3.8, 4) is 0 Å². The molecule has 0 N–H and O–H groups in total. The molecule has 0 heterocycles. The van der Waals surface area contributed by atoms with Gasteiger partial charge in [-0.3, -0.25) is 0 Å². The van der Waals surface area contributed by atoms with E-state index in [0.717, 1.165) is 0 Å². The minimum atomic E-state index is 0.0868. The van der Waals surface area contributed by atoms with E-state index in [1.165, 1.54) is 54.3 Å². The number of hydrogen-bond acceptors (Lipinski definition) is 1. The summed E-state index contributed by atoms with van der Waals surface area (Å²) in [5.41, 5.74) is 0. The molecular formula is C18H28STe. The van der Waals surface area contributed by atoms with Crippen molar-refractivity contribution in [2.75, 3.05) is 0 Å². The second-order valence-electron chi connectivity index (χ2n) is 5.03. The van der Waals surface area contributed by atoms with Gasteiger partial charge in [0, 0.05) is 0 Å². The summed E-state index contributed by atoms with van der Waals surface area (Å²) in [7, 11) is 0. The number of thioether (sulfide) groups is 1. The molecule has 0 unspecified atom stereocenters. The summed E-state index contributed by atoms with van der Waals surface area (Å²) < 4.78 is 3.27. The Labute approximate surface area is 139 Å². The van der Waals surface area contributed by atoms with Gasteiger partial charge >= 0.3 is 140 Å². The Morgan fingerprint density at radius 2 is 1.75 bits per heavy atom. The Morgan fingerprint density at radius 3 is 2.45 bits per heavy atom. The third kappa shape index (κ3) is 9.11. The molecule has 0 aliphatic carbocycles. The average molecular weight is 404 g/mol. The van der Waals surface area contributed by atoms with Gasteiger partial charge in [0.1, 0.15) is 0 Å². The zero-order chi connectivity index (χ0) is 14.5. The van der Waals surface area contributed by atoms with Crippen LogP contribution in [0.3, 0.4) is 0 Å². The molecule has 0 saturated heterocycles. The van der Waals surface area contributed by atoms with Gasteiger partial charge in [-0.05, 0) is 0 Å². The molecular weight excluding hydrogens is 376 g/mol. The third-order valence-corrected chi connectivity index (χ3v) is 7.93. The molecule has 2 heteroatoms. The van der Waals surface area contributed by atoms with Crippen LogP contribution >= 0.6 is 11.8 Å². The van der Waals surface area contributed by atoms with Crippen LogP contribution in [0.4, 0.5) is 0 Å². The van der Waals surface area contributed by atoms with Crippen LogP contribution in [-0.4, -0.2) is 20.9 Å². The fraction of sp³-hybridized carbons (Fsp3) is 0.556. The van der Waals surface area contributed by atoms with Crippen molar-refractivity contribution in [1.29, 1.82) is 0 Å². The van der Waals surface area contributed by atoms with Crippen LogP contribution in [0.2, 0.25) is 4.47 Å². The molecule has 0 nitrogen and oxygen atoms in total. The molecule has 1 aromatic carbocycles. The Bertz CT molecular complexity index is 359. The number of hydrogen-bond donors (Lipinski definition) is 0.